The molecule has 0 atom stereocenters. The molecular weight excluding hydrogens is 254 g/mol. The number of hydrogen-bond donors (Lipinski definition) is 2. The summed E-state index contributed by atoms with van der Waals surface area (Å²) in [7, 11) is -3.61. The molecule has 0 spiro atoms. The van der Waals surface area contributed by atoms with E-state index in [1.807, 2.05) is 13.8 Å². The Morgan fingerprint density at radius 2 is 1.89 bits per heavy atom. The summed E-state index contributed by atoms with van der Waals surface area (Å²) in [5.41, 5.74) is 0.338. The van der Waals surface area contributed by atoms with E-state index in [4.69, 9.17) is 4.42 Å². The Kier molecular flexibility index (Phi) is 4.95. The summed E-state index contributed by atoms with van der Waals surface area (Å²) in [5.74, 6) is 1.19. The highest BCUT2D eigenvalue weighted by Crippen LogP contribution is 2.26. The average molecular weight is 275 g/mol. The van der Waals surface area contributed by atoms with Crippen LogP contribution in [-0.2, 0) is 16.6 Å². The largest absolute Gasteiger partial charge is 0.465 e. The van der Waals surface area contributed by atoms with Gasteiger partial charge in [-0.2, -0.15) is 0 Å². The van der Waals surface area contributed by atoms with Gasteiger partial charge in [0, 0.05) is 12.1 Å². The van der Waals surface area contributed by atoms with Crippen LogP contribution in [0.5, 0.6) is 0 Å². The van der Waals surface area contributed by atoms with Crippen molar-refractivity contribution < 1.29 is 17.9 Å². The Labute approximate surface area is 108 Å². The van der Waals surface area contributed by atoms with Crippen molar-refractivity contribution in [2.24, 2.45) is 5.92 Å². The molecule has 0 bridgehead atoms. The Bertz CT molecular complexity index is 502. The minimum atomic E-state index is -3.61. The monoisotopic (exact) mass is 275 g/mol. The normalized spacial score (nSPS) is 12.3. The van der Waals surface area contributed by atoms with Gasteiger partial charge < -0.3 is 9.52 Å². The van der Waals surface area contributed by atoms with E-state index in [0.29, 0.717) is 29.5 Å². The van der Waals surface area contributed by atoms with E-state index in [9.17, 15) is 13.5 Å². The van der Waals surface area contributed by atoms with Gasteiger partial charge in [-0.3, -0.25) is 0 Å². The molecule has 0 aliphatic rings. The van der Waals surface area contributed by atoms with Crippen molar-refractivity contribution in [2.75, 3.05) is 6.54 Å². The van der Waals surface area contributed by atoms with Crippen molar-refractivity contribution in [3.63, 3.8) is 0 Å². The molecule has 0 fully saturated rings. The fraction of sp³-hybridized carbons (Fsp3) is 0.667. The third kappa shape index (κ3) is 3.34. The quantitative estimate of drug-likeness (QED) is 0.828. The van der Waals surface area contributed by atoms with Crippen molar-refractivity contribution in [1.29, 1.82) is 0 Å². The zero-order valence-corrected chi connectivity index (χ0v) is 12.1. The van der Waals surface area contributed by atoms with Crippen molar-refractivity contribution >= 4 is 10.0 Å². The topological polar surface area (TPSA) is 79.5 Å². The number of aryl methyl sites for hydroxylation is 2. The lowest BCUT2D eigenvalue weighted by molar-refractivity contribution is 0.276. The molecule has 0 aliphatic heterocycles. The number of sulfonamides is 1. The molecule has 5 nitrogen and oxygen atoms in total. The number of aliphatic hydroxyl groups is 1. The highest BCUT2D eigenvalue weighted by molar-refractivity contribution is 7.89. The summed E-state index contributed by atoms with van der Waals surface area (Å²) in [6.45, 7) is 7.33. The average Bonchev–Trinajstić information content (AvgIpc) is 2.52. The van der Waals surface area contributed by atoms with Gasteiger partial charge in [-0.25, -0.2) is 13.1 Å². The number of furan rings is 1. The minimum absolute atomic E-state index is 0.0752. The predicted molar refractivity (Wildman–Crippen MR) is 68.7 cm³/mol. The second-order valence-corrected chi connectivity index (χ2v) is 6.46. The van der Waals surface area contributed by atoms with E-state index in [0.717, 1.165) is 6.42 Å². The number of rotatable bonds is 6. The Morgan fingerprint density at radius 3 is 2.39 bits per heavy atom. The van der Waals surface area contributed by atoms with E-state index in [1.54, 1.807) is 13.8 Å². The first-order chi connectivity index (χ1) is 8.29. The fourth-order valence-corrected chi connectivity index (χ4v) is 3.28. The highest BCUT2D eigenvalue weighted by atomic mass is 32.2. The van der Waals surface area contributed by atoms with Gasteiger partial charge >= 0.3 is 0 Å². The van der Waals surface area contributed by atoms with Crippen LogP contribution in [0.4, 0.5) is 0 Å². The minimum Gasteiger partial charge on any atom is -0.465 e. The van der Waals surface area contributed by atoms with Gasteiger partial charge in [-0.15, -0.1) is 0 Å². The number of aliphatic hydroxyl groups excluding tert-OH is 1. The molecule has 0 aromatic carbocycles. The molecule has 18 heavy (non-hydrogen) atoms. The van der Waals surface area contributed by atoms with Crippen molar-refractivity contribution in [3.05, 3.63) is 17.1 Å². The Hall–Kier alpha value is -0.850. The zero-order chi connectivity index (χ0) is 13.9. The molecule has 0 saturated carbocycles. The predicted octanol–water partition coefficient (Wildman–Crippen LogP) is 1.71. The van der Waals surface area contributed by atoms with Gasteiger partial charge in [0.1, 0.15) is 16.4 Å². The van der Waals surface area contributed by atoms with Crippen molar-refractivity contribution in [3.8, 4) is 0 Å². The van der Waals surface area contributed by atoms with E-state index < -0.39 is 10.0 Å². The lowest BCUT2D eigenvalue weighted by atomic mass is 10.1. The van der Waals surface area contributed by atoms with E-state index >= 15 is 0 Å². The van der Waals surface area contributed by atoms with Crippen LogP contribution < -0.4 is 4.72 Å². The van der Waals surface area contributed by atoms with Crippen LogP contribution in [0, 0.1) is 19.8 Å². The molecule has 6 heteroatoms. The fourth-order valence-electron chi connectivity index (χ4n) is 1.80. The van der Waals surface area contributed by atoms with Crippen LogP contribution in [0.1, 0.15) is 37.4 Å². The van der Waals surface area contributed by atoms with Crippen LogP contribution in [-0.4, -0.2) is 20.1 Å². The lowest BCUT2D eigenvalue weighted by Crippen LogP contribution is -2.26. The molecule has 2 N–H and O–H groups in total. The molecule has 1 rings (SSSR count). The summed E-state index contributed by atoms with van der Waals surface area (Å²) >= 11 is 0. The van der Waals surface area contributed by atoms with Gasteiger partial charge in [-0.1, -0.05) is 13.8 Å². The summed E-state index contributed by atoms with van der Waals surface area (Å²) in [6, 6.07) is 0. The zero-order valence-electron chi connectivity index (χ0n) is 11.3. The maximum Gasteiger partial charge on any atom is 0.244 e. The lowest BCUT2D eigenvalue weighted by Gasteiger charge is -2.08. The summed E-state index contributed by atoms with van der Waals surface area (Å²) < 4.78 is 32.1. The molecule has 0 aliphatic carbocycles. The molecule has 104 valence electrons. The summed E-state index contributed by atoms with van der Waals surface area (Å²) in [5, 5.41) is 9.24. The molecule has 0 unspecified atom stereocenters. The van der Waals surface area contributed by atoms with E-state index in [2.05, 4.69) is 4.72 Å². The molecular formula is C12H21NO4S. The van der Waals surface area contributed by atoms with Crippen molar-refractivity contribution in [1.82, 2.24) is 4.72 Å². The van der Waals surface area contributed by atoms with E-state index in [1.165, 1.54) is 0 Å². The van der Waals surface area contributed by atoms with Gasteiger partial charge in [0.25, 0.3) is 0 Å². The smallest absolute Gasteiger partial charge is 0.244 e. The SMILES string of the molecule is Cc1oc(C)c(S(=O)(=O)NCCC(C)C)c1CO. The highest BCUT2D eigenvalue weighted by Gasteiger charge is 2.26. The maximum atomic E-state index is 12.1. The summed E-state index contributed by atoms with van der Waals surface area (Å²) in [6.07, 6.45) is 0.767. The standard InChI is InChI=1S/C12H21NO4S/c1-8(2)5-6-13-18(15,16)12-10(4)17-9(3)11(12)7-14/h8,13-14H,5-7H2,1-4H3. The molecule has 1 heterocycles. The van der Waals surface area contributed by atoms with Gasteiger partial charge in [0.15, 0.2) is 0 Å². The first-order valence-corrected chi connectivity index (χ1v) is 7.47. The third-order valence-corrected chi connectivity index (χ3v) is 4.42. The molecule has 1 aromatic rings. The second-order valence-electron chi connectivity index (χ2n) is 4.76. The van der Waals surface area contributed by atoms with Gasteiger partial charge in [0.2, 0.25) is 10.0 Å². The van der Waals surface area contributed by atoms with Crippen LogP contribution in [0.15, 0.2) is 9.31 Å². The maximum absolute atomic E-state index is 12.1. The first kappa shape index (κ1) is 15.2. The first-order valence-electron chi connectivity index (χ1n) is 5.99. The van der Waals surface area contributed by atoms with Crippen LogP contribution >= 0.6 is 0 Å². The second kappa shape index (κ2) is 5.86. The van der Waals surface area contributed by atoms with Gasteiger partial charge in [-0.05, 0) is 26.2 Å². The Balaban J connectivity index is 2.98. The summed E-state index contributed by atoms with van der Waals surface area (Å²) in [4.78, 5) is 0.0752. The van der Waals surface area contributed by atoms with Crippen molar-refractivity contribution in [2.45, 2.75) is 45.6 Å². The molecule has 0 amide bonds. The van der Waals surface area contributed by atoms with Gasteiger partial charge in [0.05, 0.1) is 6.61 Å². The number of hydrogen-bond acceptors (Lipinski definition) is 4. The Morgan fingerprint density at radius 1 is 1.28 bits per heavy atom. The molecule has 0 saturated heterocycles. The van der Waals surface area contributed by atoms with Crippen LogP contribution in [0.2, 0.25) is 0 Å². The molecule has 0 radical (unpaired) electrons. The third-order valence-electron chi connectivity index (χ3n) is 2.77. The van der Waals surface area contributed by atoms with E-state index in [-0.39, 0.29) is 11.5 Å². The van der Waals surface area contributed by atoms with Crippen LogP contribution in [0.25, 0.3) is 0 Å². The number of nitrogens with one attached hydrogen (secondary N) is 1. The van der Waals surface area contributed by atoms with Crippen LogP contribution in [0.3, 0.4) is 0 Å². The molecule has 1 aromatic heterocycles.